The van der Waals surface area contributed by atoms with Gasteiger partial charge in [-0.2, -0.15) is 0 Å². The molecular formula is C17H16N4OS. The Kier molecular flexibility index (Phi) is 4.34. The molecule has 0 spiro atoms. The van der Waals surface area contributed by atoms with Crippen LogP contribution < -0.4 is 10.2 Å². The van der Waals surface area contributed by atoms with Gasteiger partial charge in [0.15, 0.2) is 5.13 Å². The van der Waals surface area contributed by atoms with Gasteiger partial charge in [-0.15, -0.1) is 11.3 Å². The Morgan fingerprint density at radius 3 is 2.61 bits per heavy atom. The van der Waals surface area contributed by atoms with Gasteiger partial charge in [0.25, 0.3) is 5.91 Å². The topological polar surface area (TPSA) is 58.1 Å². The summed E-state index contributed by atoms with van der Waals surface area (Å²) in [4.78, 5) is 22.8. The maximum atomic E-state index is 12.3. The van der Waals surface area contributed by atoms with Gasteiger partial charge in [-0.1, -0.05) is 0 Å². The number of benzene rings is 1. The van der Waals surface area contributed by atoms with E-state index in [0.29, 0.717) is 10.7 Å². The first-order valence-electron chi connectivity index (χ1n) is 7.08. The van der Waals surface area contributed by atoms with Crippen LogP contribution in [0.1, 0.15) is 10.4 Å². The second kappa shape index (κ2) is 6.58. The number of thiazole rings is 1. The molecule has 6 heteroatoms. The third kappa shape index (κ3) is 3.54. The van der Waals surface area contributed by atoms with Gasteiger partial charge >= 0.3 is 0 Å². The monoisotopic (exact) mass is 324 g/mol. The lowest BCUT2D eigenvalue weighted by Crippen LogP contribution is -2.13. The van der Waals surface area contributed by atoms with Crippen LogP contribution in [-0.4, -0.2) is 30.0 Å². The maximum Gasteiger partial charge on any atom is 0.257 e. The average Bonchev–Trinajstić information content (AvgIpc) is 3.04. The quantitative estimate of drug-likeness (QED) is 0.798. The summed E-state index contributed by atoms with van der Waals surface area (Å²) in [5.74, 6) is -0.164. The molecule has 3 aromatic rings. The van der Waals surface area contributed by atoms with Crippen LogP contribution >= 0.6 is 11.3 Å². The average molecular weight is 324 g/mol. The molecule has 0 aliphatic heterocycles. The van der Waals surface area contributed by atoms with Crippen LogP contribution in [0.3, 0.4) is 0 Å². The molecule has 5 nitrogen and oxygen atoms in total. The fourth-order valence-electron chi connectivity index (χ4n) is 2.06. The largest absolute Gasteiger partial charge is 0.378 e. The first kappa shape index (κ1) is 15.2. The second-order valence-corrected chi connectivity index (χ2v) is 6.03. The summed E-state index contributed by atoms with van der Waals surface area (Å²) in [6.45, 7) is 0. The Bertz CT molecular complexity index is 797. The first-order chi connectivity index (χ1) is 11.1. The van der Waals surface area contributed by atoms with E-state index in [-0.39, 0.29) is 5.91 Å². The zero-order chi connectivity index (χ0) is 16.2. The molecule has 0 unspecified atom stereocenters. The van der Waals surface area contributed by atoms with Gasteiger partial charge in [-0.25, -0.2) is 4.98 Å². The van der Waals surface area contributed by atoms with Crippen LogP contribution in [0.2, 0.25) is 0 Å². The predicted molar refractivity (Wildman–Crippen MR) is 94.1 cm³/mol. The number of hydrogen-bond donors (Lipinski definition) is 1. The Morgan fingerprint density at radius 2 is 1.96 bits per heavy atom. The number of carbonyl (C=O) groups excluding carboxylic acids is 1. The van der Waals surface area contributed by atoms with E-state index in [4.69, 9.17) is 0 Å². The van der Waals surface area contributed by atoms with E-state index in [1.54, 1.807) is 24.5 Å². The minimum atomic E-state index is -0.164. The molecule has 0 saturated carbocycles. The molecule has 0 radical (unpaired) electrons. The molecule has 1 N–H and O–H groups in total. The highest BCUT2D eigenvalue weighted by Gasteiger charge is 2.10. The minimum absolute atomic E-state index is 0.164. The summed E-state index contributed by atoms with van der Waals surface area (Å²) in [7, 11) is 3.93. The SMILES string of the molecule is CN(C)c1ccc(C(=O)Nc2nc(-c3cccnc3)cs2)cc1. The zero-order valence-electron chi connectivity index (χ0n) is 12.9. The number of anilines is 2. The van der Waals surface area contributed by atoms with Crippen molar-refractivity contribution < 1.29 is 4.79 Å². The normalized spacial score (nSPS) is 10.3. The highest BCUT2D eigenvalue weighted by Crippen LogP contribution is 2.24. The molecule has 0 atom stereocenters. The van der Waals surface area contributed by atoms with E-state index >= 15 is 0 Å². The van der Waals surface area contributed by atoms with Crippen molar-refractivity contribution in [1.29, 1.82) is 0 Å². The van der Waals surface area contributed by atoms with E-state index < -0.39 is 0 Å². The van der Waals surface area contributed by atoms with Gasteiger partial charge in [-0.3, -0.25) is 15.1 Å². The fraction of sp³-hybridized carbons (Fsp3) is 0.118. The molecule has 0 saturated heterocycles. The number of aromatic nitrogens is 2. The summed E-state index contributed by atoms with van der Waals surface area (Å²) in [6, 6.07) is 11.2. The summed E-state index contributed by atoms with van der Waals surface area (Å²) in [6.07, 6.45) is 3.47. The van der Waals surface area contributed by atoms with Gasteiger partial charge < -0.3 is 4.90 Å². The number of nitrogens with zero attached hydrogens (tertiary/aromatic N) is 3. The Hall–Kier alpha value is -2.73. The van der Waals surface area contributed by atoms with Crippen molar-refractivity contribution in [2.45, 2.75) is 0 Å². The Balaban J connectivity index is 1.72. The van der Waals surface area contributed by atoms with Crippen LogP contribution in [0.4, 0.5) is 10.8 Å². The third-order valence-electron chi connectivity index (χ3n) is 3.33. The number of nitrogens with one attached hydrogen (secondary N) is 1. The van der Waals surface area contributed by atoms with Crippen LogP contribution in [-0.2, 0) is 0 Å². The summed E-state index contributed by atoms with van der Waals surface area (Å²) in [5.41, 5.74) is 3.39. The molecule has 1 amide bonds. The molecule has 2 heterocycles. The van der Waals surface area contributed by atoms with Gasteiger partial charge in [0.2, 0.25) is 0 Å². The molecule has 0 aliphatic rings. The summed E-state index contributed by atoms with van der Waals surface area (Å²) in [5, 5.41) is 5.31. The van der Waals surface area contributed by atoms with Gasteiger partial charge in [0.05, 0.1) is 5.69 Å². The van der Waals surface area contributed by atoms with Crippen LogP contribution in [0.25, 0.3) is 11.3 Å². The Morgan fingerprint density at radius 1 is 1.17 bits per heavy atom. The fourth-order valence-corrected chi connectivity index (χ4v) is 2.77. The molecule has 1 aromatic carbocycles. The third-order valence-corrected chi connectivity index (χ3v) is 4.09. The number of amides is 1. The van der Waals surface area contributed by atoms with E-state index in [9.17, 15) is 4.79 Å². The van der Waals surface area contributed by atoms with Crippen molar-refractivity contribution in [1.82, 2.24) is 9.97 Å². The van der Waals surface area contributed by atoms with E-state index in [1.165, 1.54) is 11.3 Å². The lowest BCUT2D eigenvalue weighted by molar-refractivity contribution is 0.102. The first-order valence-corrected chi connectivity index (χ1v) is 7.96. The summed E-state index contributed by atoms with van der Waals surface area (Å²) < 4.78 is 0. The van der Waals surface area contributed by atoms with Crippen LogP contribution in [0.5, 0.6) is 0 Å². The molecule has 0 aliphatic carbocycles. The van der Waals surface area contributed by atoms with E-state index in [0.717, 1.165) is 16.9 Å². The molecule has 0 bridgehead atoms. The van der Waals surface area contributed by atoms with Crippen molar-refractivity contribution in [3.63, 3.8) is 0 Å². The zero-order valence-corrected chi connectivity index (χ0v) is 13.7. The summed E-state index contributed by atoms with van der Waals surface area (Å²) >= 11 is 1.40. The molecule has 2 aromatic heterocycles. The van der Waals surface area contributed by atoms with Gasteiger partial charge in [-0.05, 0) is 36.4 Å². The second-order valence-electron chi connectivity index (χ2n) is 5.18. The predicted octanol–water partition coefficient (Wildman–Crippen LogP) is 3.52. The van der Waals surface area contributed by atoms with E-state index in [2.05, 4.69) is 15.3 Å². The molecule has 116 valence electrons. The van der Waals surface area contributed by atoms with Crippen LogP contribution in [0, 0.1) is 0 Å². The Labute approximate surface area is 138 Å². The number of carbonyl (C=O) groups is 1. The molecule has 0 fully saturated rings. The van der Waals surface area contributed by atoms with Gasteiger partial charge in [0, 0.05) is 48.7 Å². The van der Waals surface area contributed by atoms with Gasteiger partial charge in [0.1, 0.15) is 0 Å². The highest BCUT2D eigenvalue weighted by atomic mass is 32.1. The highest BCUT2D eigenvalue weighted by molar-refractivity contribution is 7.14. The number of rotatable bonds is 4. The van der Waals surface area contributed by atoms with Crippen molar-refractivity contribution in [2.75, 3.05) is 24.3 Å². The molecular weight excluding hydrogens is 308 g/mol. The van der Waals surface area contributed by atoms with Crippen molar-refractivity contribution in [3.8, 4) is 11.3 Å². The standard InChI is InChI=1S/C17H16N4OS/c1-21(2)14-7-5-12(6-8-14)16(22)20-17-19-15(11-23-17)13-4-3-9-18-10-13/h3-11H,1-2H3,(H,19,20,22). The van der Waals surface area contributed by atoms with E-state index in [1.807, 2.05) is 48.6 Å². The van der Waals surface area contributed by atoms with Crippen LogP contribution in [0.15, 0.2) is 54.2 Å². The number of hydrogen-bond acceptors (Lipinski definition) is 5. The lowest BCUT2D eigenvalue weighted by atomic mass is 10.2. The minimum Gasteiger partial charge on any atom is -0.378 e. The van der Waals surface area contributed by atoms with Crippen molar-refractivity contribution in [3.05, 3.63) is 59.7 Å². The number of pyridine rings is 1. The van der Waals surface area contributed by atoms with Crippen molar-refractivity contribution >= 4 is 28.1 Å². The maximum absolute atomic E-state index is 12.3. The molecule has 3 rings (SSSR count). The van der Waals surface area contributed by atoms with Crippen molar-refractivity contribution in [2.24, 2.45) is 0 Å². The lowest BCUT2D eigenvalue weighted by Gasteiger charge is -2.12. The smallest absolute Gasteiger partial charge is 0.257 e. The molecule has 23 heavy (non-hydrogen) atoms.